The molecule has 0 aliphatic heterocycles. The first-order valence-corrected chi connectivity index (χ1v) is 9.48. The molecule has 0 saturated heterocycles. The van der Waals surface area contributed by atoms with Gasteiger partial charge in [-0.05, 0) is 33.1 Å². The smallest absolute Gasteiger partial charge is 0.407 e. The topological polar surface area (TPSA) is 87.6 Å². The highest BCUT2D eigenvalue weighted by atomic mass is 32.1. The predicted molar refractivity (Wildman–Crippen MR) is 103 cm³/mol. The van der Waals surface area contributed by atoms with E-state index in [2.05, 4.69) is 39.8 Å². The number of carbonyl (C=O) groups is 1. The van der Waals surface area contributed by atoms with E-state index in [0.29, 0.717) is 31.6 Å². The zero-order valence-corrected chi connectivity index (χ0v) is 16.9. The molecule has 0 aliphatic carbocycles. The van der Waals surface area contributed by atoms with Crippen molar-refractivity contribution in [3.63, 3.8) is 0 Å². The minimum Gasteiger partial charge on any atom is -0.450 e. The summed E-state index contributed by atoms with van der Waals surface area (Å²) in [6.07, 6.45) is 0.476. The first-order chi connectivity index (χ1) is 11.8. The molecule has 1 atom stereocenters. The van der Waals surface area contributed by atoms with Crippen LogP contribution in [0.15, 0.2) is 4.99 Å². The number of ether oxygens (including phenoxy) is 1. The molecule has 1 aromatic heterocycles. The third-order valence-corrected chi connectivity index (χ3v) is 4.58. The predicted octanol–water partition coefficient (Wildman–Crippen LogP) is 2.59. The number of hydrogen-bond acceptors (Lipinski definition) is 5. The molecule has 0 aliphatic rings. The van der Waals surface area contributed by atoms with Crippen LogP contribution in [0, 0.1) is 19.8 Å². The summed E-state index contributed by atoms with van der Waals surface area (Å²) >= 11 is 1.68. The quantitative estimate of drug-likeness (QED) is 0.484. The molecule has 0 spiro atoms. The normalized spacial score (nSPS) is 12.8. The number of rotatable bonds is 8. The van der Waals surface area contributed by atoms with Crippen LogP contribution >= 0.6 is 11.3 Å². The molecule has 0 radical (unpaired) electrons. The fourth-order valence-electron chi connectivity index (χ4n) is 2.44. The monoisotopic (exact) mass is 369 g/mol. The van der Waals surface area contributed by atoms with Gasteiger partial charge in [0, 0.05) is 24.5 Å². The standard InChI is InChI=1S/C17H31N5O2S/c1-7-24-17(23)22-14(8-11(2)3)9-19-16(18-6)20-10-15-12(4)21-13(5)25-15/h11,14H,7-10H2,1-6H3,(H,22,23)(H2,18,19,20). The van der Waals surface area contributed by atoms with Crippen molar-refractivity contribution in [3.05, 3.63) is 15.6 Å². The number of aromatic nitrogens is 1. The van der Waals surface area contributed by atoms with Gasteiger partial charge in [-0.2, -0.15) is 0 Å². The Bertz CT molecular complexity index is 571. The number of guanidine groups is 1. The van der Waals surface area contributed by atoms with Gasteiger partial charge in [0.1, 0.15) is 0 Å². The third kappa shape index (κ3) is 8.20. The van der Waals surface area contributed by atoms with Crippen molar-refractivity contribution in [3.8, 4) is 0 Å². The Morgan fingerprint density at radius 1 is 1.32 bits per heavy atom. The van der Waals surface area contributed by atoms with Crippen molar-refractivity contribution in [2.45, 2.75) is 53.6 Å². The highest BCUT2D eigenvalue weighted by Crippen LogP contribution is 2.16. The second-order valence-electron chi connectivity index (χ2n) is 6.24. The van der Waals surface area contributed by atoms with E-state index in [1.165, 1.54) is 4.88 Å². The van der Waals surface area contributed by atoms with Gasteiger partial charge in [0.15, 0.2) is 5.96 Å². The highest BCUT2D eigenvalue weighted by Gasteiger charge is 2.15. The number of carbonyl (C=O) groups excluding carboxylic acids is 1. The lowest BCUT2D eigenvalue weighted by Crippen LogP contribution is -2.47. The van der Waals surface area contributed by atoms with Gasteiger partial charge in [-0.1, -0.05) is 13.8 Å². The summed E-state index contributed by atoms with van der Waals surface area (Å²) in [5, 5.41) is 10.5. The number of alkyl carbamates (subject to hydrolysis) is 1. The summed E-state index contributed by atoms with van der Waals surface area (Å²) in [7, 11) is 1.73. The SMILES string of the molecule is CCOC(=O)NC(CNC(=NC)NCc1sc(C)nc1C)CC(C)C. The molecule has 1 rings (SSSR count). The minimum atomic E-state index is -0.381. The molecule has 0 saturated carbocycles. The molecular formula is C17H31N5O2S. The number of nitrogens with one attached hydrogen (secondary N) is 3. The Balaban J connectivity index is 2.53. The van der Waals surface area contributed by atoms with Gasteiger partial charge in [0.25, 0.3) is 0 Å². The molecule has 1 unspecified atom stereocenters. The van der Waals surface area contributed by atoms with E-state index in [-0.39, 0.29) is 12.1 Å². The van der Waals surface area contributed by atoms with Crippen LogP contribution in [0.3, 0.4) is 0 Å². The van der Waals surface area contributed by atoms with Gasteiger partial charge in [-0.15, -0.1) is 11.3 Å². The van der Waals surface area contributed by atoms with E-state index >= 15 is 0 Å². The Hall–Kier alpha value is -1.83. The zero-order valence-electron chi connectivity index (χ0n) is 16.1. The second kappa shape index (κ2) is 10.9. The van der Waals surface area contributed by atoms with Gasteiger partial charge < -0.3 is 20.7 Å². The summed E-state index contributed by atoms with van der Waals surface area (Å²) in [5.41, 5.74) is 1.05. The Morgan fingerprint density at radius 2 is 2.04 bits per heavy atom. The Kier molecular flexibility index (Phi) is 9.26. The molecular weight excluding hydrogens is 338 g/mol. The number of amides is 1. The molecule has 0 aromatic carbocycles. The van der Waals surface area contributed by atoms with Gasteiger partial charge in [0.2, 0.25) is 0 Å². The Labute approximate surface area is 154 Å². The number of nitrogens with zero attached hydrogens (tertiary/aromatic N) is 2. The molecule has 25 heavy (non-hydrogen) atoms. The average molecular weight is 370 g/mol. The lowest BCUT2D eigenvalue weighted by Gasteiger charge is -2.22. The van der Waals surface area contributed by atoms with Crippen molar-refractivity contribution in [1.29, 1.82) is 0 Å². The van der Waals surface area contributed by atoms with E-state index < -0.39 is 0 Å². The van der Waals surface area contributed by atoms with Gasteiger partial charge in [-0.25, -0.2) is 9.78 Å². The number of thiazole rings is 1. The van der Waals surface area contributed by atoms with Crippen LogP contribution in [0.4, 0.5) is 4.79 Å². The molecule has 1 aromatic rings. The molecule has 142 valence electrons. The summed E-state index contributed by atoms with van der Waals surface area (Å²) in [5.74, 6) is 1.16. The lowest BCUT2D eigenvalue weighted by molar-refractivity contribution is 0.146. The van der Waals surface area contributed by atoms with Crippen molar-refractivity contribution in [2.75, 3.05) is 20.2 Å². The van der Waals surface area contributed by atoms with E-state index in [4.69, 9.17) is 4.74 Å². The van der Waals surface area contributed by atoms with Gasteiger partial charge in [-0.3, -0.25) is 4.99 Å². The number of aryl methyl sites for hydroxylation is 2. The molecule has 8 heteroatoms. The van der Waals surface area contributed by atoms with Crippen molar-refractivity contribution < 1.29 is 9.53 Å². The Morgan fingerprint density at radius 3 is 2.56 bits per heavy atom. The molecule has 1 heterocycles. The fourth-order valence-corrected chi connectivity index (χ4v) is 3.32. The lowest BCUT2D eigenvalue weighted by atomic mass is 10.0. The average Bonchev–Trinajstić information content (AvgIpc) is 2.84. The molecule has 0 fully saturated rings. The van der Waals surface area contributed by atoms with E-state index in [9.17, 15) is 4.79 Å². The van der Waals surface area contributed by atoms with Gasteiger partial charge in [0.05, 0.1) is 23.9 Å². The first kappa shape index (κ1) is 21.2. The fraction of sp³-hybridized carbons (Fsp3) is 0.706. The number of hydrogen-bond donors (Lipinski definition) is 3. The zero-order chi connectivity index (χ0) is 18.8. The first-order valence-electron chi connectivity index (χ1n) is 8.66. The summed E-state index contributed by atoms with van der Waals surface area (Å²) < 4.78 is 4.98. The molecule has 3 N–H and O–H groups in total. The molecule has 0 bridgehead atoms. The minimum absolute atomic E-state index is 0.0232. The largest absolute Gasteiger partial charge is 0.450 e. The van der Waals surface area contributed by atoms with Crippen LogP contribution in [-0.4, -0.2) is 43.3 Å². The maximum atomic E-state index is 11.7. The summed E-state index contributed by atoms with van der Waals surface area (Å²) in [4.78, 5) is 21.6. The van der Waals surface area contributed by atoms with Crippen molar-refractivity contribution in [2.24, 2.45) is 10.9 Å². The van der Waals surface area contributed by atoms with Gasteiger partial charge >= 0.3 is 6.09 Å². The molecule has 7 nitrogen and oxygen atoms in total. The summed E-state index contributed by atoms with van der Waals surface area (Å²) in [6.45, 7) is 11.7. The van der Waals surface area contributed by atoms with Crippen molar-refractivity contribution >= 4 is 23.4 Å². The maximum Gasteiger partial charge on any atom is 0.407 e. The van der Waals surface area contributed by atoms with Crippen LogP contribution in [0.25, 0.3) is 0 Å². The van der Waals surface area contributed by atoms with Crippen molar-refractivity contribution in [1.82, 2.24) is 20.9 Å². The van der Waals surface area contributed by atoms with Crippen LogP contribution in [0.1, 0.15) is 42.8 Å². The van der Waals surface area contributed by atoms with Crippen LogP contribution in [-0.2, 0) is 11.3 Å². The van der Waals surface area contributed by atoms with E-state index in [1.54, 1.807) is 25.3 Å². The van der Waals surface area contributed by atoms with Crippen LogP contribution in [0.5, 0.6) is 0 Å². The second-order valence-corrected chi connectivity index (χ2v) is 7.53. The van der Waals surface area contributed by atoms with E-state index in [0.717, 1.165) is 17.1 Å². The third-order valence-electron chi connectivity index (χ3n) is 3.51. The molecule has 1 amide bonds. The highest BCUT2D eigenvalue weighted by molar-refractivity contribution is 7.11. The van der Waals surface area contributed by atoms with E-state index in [1.807, 2.05) is 13.8 Å². The summed E-state index contributed by atoms with van der Waals surface area (Å²) in [6, 6.07) is -0.0232. The van der Waals surface area contributed by atoms with Crippen LogP contribution in [0.2, 0.25) is 0 Å². The maximum absolute atomic E-state index is 11.7. The van der Waals surface area contributed by atoms with Crippen LogP contribution < -0.4 is 16.0 Å². The number of aliphatic imine (C=N–C) groups is 1.